The molecular formula is C20H27IN6S. The Balaban J connectivity index is 0.00000280. The number of benzene rings is 1. The average Bonchev–Trinajstić information content (AvgIpc) is 3.32. The quantitative estimate of drug-likeness (QED) is 0.276. The molecule has 3 aromatic rings. The van der Waals surface area contributed by atoms with E-state index in [-0.39, 0.29) is 24.0 Å². The van der Waals surface area contributed by atoms with Gasteiger partial charge in [0.05, 0.1) is 23.6 Å². The molecule has 0 saturated heterocycles. The zero-order chi connectivity index (χ0) is 18.9. The Kier molecular flexibility index (Phi) is 9.42. The van der Waals surface area contributed by atoms with Gasteiger partial charge in [0.25, 0.3) is 0 Å². The first-order valence-corrected chi connectivity index (χ1v) is 10.1. The second kappa shape index (κ2) is 11.8. The third kappa shape index (κ3) is 7.23. The van der Waals surface area contributed by atoms with Crippen molar-refractivity contribution in [3.05, 3.63) is 70.2 Å². The van der Waals surface area contributed by atoms with Gasteiger partial charge in [-0.05, 0) is 25.0 Å². The van der Waals surface area contributed by atoms with Gasteiger partial charge in [-0.2, -0.15) is 0 Å². The largest absolute Gasteiger partial charge is 0.357 e. The fourth-order valence-electron chi connectivity index (χ4n) is 2.76. The number of imidazole rings is 1. The summed E-state index contributed by atoms with van der Waals surface area (Å²) >= 11 is 1.69. The molecule has 0 fully saturated rings. The average molecular weight is 510 g/mol. The van der Waals surface area contributed by atoms with Crippen molar-refractivity contribution in [1.82, 2.24) is 25.2 Å². The minimum absolute atomic E-state index is 0. The molecule has 2 heterocycles. The first-order chi connectivity index (χ1) is 13.2. The highest BCUT2D eigenvalue weighted by atomic mass is 127. The molecule has 0 atom stereocenters. The van der Waals surface area contributed by atoms with Crippen molar-refractivity contribution in [3.63, 3.8) is 0 Å². The molecule has 1 aromatic carbocycles. The molecule has 0 aliphatic carbocycles. The zero-order valence-corrected chi connectivity index (χ0v) is 19.4. The van der Waals surface area contributed by atoms with E-state index < -0.39 is 0 Å². The molecule has 0 unspecified atom stereocenters. The molecule has 0 amide bonds. The number of aliphatic imine (C=N–C) groups is 1. The van der Waals surface area contributed by atoms with Crippen LogP contribution in [0.3, 0.4) is 0 Å². The molecule has 0 saturated carbocycles. The van der Waals surface area contributed by atoms with Crippen molar-refractivity contribution in [1.29, 1.82) is 0 Å². The maximum absolute atomic E-state index is 4.72. The Hall–Kier alpha value is -1.94. The summed E-state index contributed by atoms with van der Waals surface area (Å²) in [6, 6.07) is 8.53. The van der Waals surface area contributed by atoms with E-state index in [1.54, 1.807) is 17.5 Å². The van der Waals surface area contributed by atoms with E-state index in [0.717, 1.165) is 42.7 Å². The highest BCUT2D eigenvalue weighted by Gasteiger charge is 2.02. The number of hydrogen-bond donors (Lipinski definition) is 2. The summed E-state index contributed by atoms with van der Waals surface area (Å²) in [7, 11) is 0. The van der Waals surface area contributed by atoms with E-state index in [0.29, 0.717) is 6.54 Å². The molecule has 2 N–H and O–H groups in total. The van der Waals surface area contributed by atoms with E-state index in [9.17, 15) is 0 Å². The lowest BCUT2D eigenvalue weighted by Gasteiger charge is -2.11. The molecule has 0 radical (unpaired) electrons. The van der Waals surface area contributed by atoms with Gasteiger partial charge in [-0.15, -0.1) is 35.3 Å². The molecule has 2 aromatic heterocycles. The molecule has 0 aliphatic heterocycles. The lowest BCUT2D eigenvalue weighted by molar-refractivity contribution is 0.786. The van der Waals surface area contributed by atoms with Crippen molar-refractivity contribution in [2.24, 2.45) is 4.99 Å². The van der Waals surface area contributed by atoms with Crippen molar-refractivity contribution in [2.45, 2.75) is 33.4 Å². The maximum atomic E-state index is 4.72. The van der Waals surface area contributed by atoms with Crippen LogP contribution in [0.5, 0.6) is 0 Å². The SMILES string of the molecule is CCNC(=NCc1cccc(Cn2ccnc2)c1)NCCc1csc(C)n1.I. The molecule has 3 rings (SSSR count). The summed E-state index contributed by atoms with van der Waals surface area (Å²) < 4.78 is 2.06. The van der Waals surface area contributed by atoms with Crippen LogP contribution < -0.4 is 10.6 Å². The van der Waals surface area contributed by atoms with Gasteiger partial charge in [0, 0.05) is 43.8 Å². The first-order valence-electron chi connectivity index (χ1n) is 9.19. The van der Waals surface area contributed by atoms with Crippen molar-refractivity contribution >= 4 is 41.3 Å². The fraction of sp³-hybridized carbons (Fsp3) is 0.350. The summed E-state index contributed by atoms with van der Waals surface area (Å²) in [6.45, 7) is 7.23. The topological polar surface area (TPSA) is 67.1 Å². The normalized spacial score (nSPS) is 11.1. The third-order valence-corrected chi connectivity index (χ3v) is 4.84. The lowest BCUT2D eigenvalue weighted by Crippen LogP contribution is -2.38. The predicted octanol–water partition coefficient (Wildman–Crippen LogP) is 3.61. The lowest BCUT2D eigenvalue weighted by atomic mass is 10.1. The minimum atomic E-state index is 0. The number of guanidine groups is 1. The van der Waals surface area contributed by atoms with Crippen LogP contribution in [0.15, 0.2) is 53.4 Å². The van der Waals surface area contributed by atoms with Gasteiger partial charge in [-0.25, -0.2) is 15.0 Å². The van der Waals surface area contributed by atoms with Crippen molar-refractivity contribution in [3.8, 4) is 0 Å². The zero-order valence-electron chi connectivity index (χ0n) is 16.3. The number of hydrogen-bond acceptors (Lipinski definition) is 4. The Morgan fingerprint density at radius 1 is 1.25 bits per heavy atom. The molecule has 8 heteroatoms. The van der Waals surface area contributed by atoms with Crippen LogP contribution in [-0.4, -0.2) is 33.6 Å². The van der Waals surface area contributed by atoms with Gasteiger partial charge in [0.15, 0.2) is 5.96 Å². The van der Waals surface area contributed by atoms with E-state index >= 15 is 0 Å². The standard InChI is InChI=1S/C20H26N6S.HI/c1-3-22-20(23-8-7-19-14-27-16(2)25-19)24-12-17-5-4-6-18(11-17)13-26-10-9-21-15-26;/h4-6,9-11,14-15H,3,7-8,12-13H2,1-2H3,(H2,22,23,24);1H. The highest BCUT2D eigenvalue weighted by Crippen LogP contribution is 2.09. The third-order valence-electron chi connectivity index (χ3n) is 4.02. The molecule has 6 nitrogen and oxygen atoms in total. The fourth-order valence-corrected chi connectivity index (χ4v) is 3.41. The van der Waals surface area contributed by atoms with Crippen LogP contribution in [0.25, 0.3) is 0 Å². The number of aromatic nitrogens is 3. The van der Waals surface area contributed by atoms with Gasteiger partial charge < -0.3 is 15.2 Å². The van der Waals surface area contributed by atoms with Crippen LogP contribution in [-0.2, 0) is 19.5 Å². The highest BCUT2D eigenvalue weighted by molar-refractivity contribution is 14.0. The van der Waals surface area contributed by atoms with Gasteiger partial charge in [-0.3, -0.25) is 0 Å². The number of halogens is 1. The van der Waals surface area contributed by atoms with Crippen LogP contribution >= 0.6 is 35.3 Å². The van der Waals surface area contributed by atoms with Crippen molar-refractivity contribution < 1.29 is 0 Å². The molecule has 0 aliphatic rings. The van der Waals surface area contributed by atoms with Gasteiger partial charge in [0.1, 0.15) is 0 Å². The Morgan fingerprint density at radius 2 is 2.11 bits per heavy atom. The van der Waals surface area contributed by atoms with E-state index in [1.807, 2.05) is 19.4 Å². The smallest absolute Gasteiger partial charge is 0.191 e. The first kappa shape index (κ1) is 22.4. The second-order valence-electron chi connectivity index (χ2n) is 6.28. The molecule has 28 heavy (non-hydrogen) atoms. The number of rotatable bonds is 8. The van der Waals surface area contributed by atoms with Gasteiger partial charge in [0.2, 0.25) is 0 Å². The maximum Gasteiger partial charge on any atom is 0.191 e. The predicted molar refractivity (Wildman–Crippen MR) is 127 cm³/mol. The van der Waals surface area contributed by atoms with Crippen LogP contribution in [0.2, 0.25) is 0 Å². The number of nitrogens with one attached hydrogen (secondary N) is 2. The number of thiazole rings is 1. The summed E-state index contributed by atoms with van der Waals surface area (Å²) in [5.41, 5.74) is 3.57. The van der Waals surface area contributed by atoms with E-state index in [2.05, 4.69) is 61.7 Å². The van der Waals surface area contributed by atoms with Crippen molar-refractivity contribution in [2.75, 3.05) is 13.1 Å². The Bertz CT molecular complexity index is 859. The summed E-state index contributed by atoms with van der Waals surface area (Å²) in [5.74, 6) is 0.837. The number of nitrogens with zero attached hydrogens (tertiary/aromatic N) is 4. The Morgan fingerprint density at radius 3 is 2.82 bits per heavy atom. The Labute approximate surface area is 187 Å². The second-order valence-corrected chi connectivity index (χ2v) is 7.35. The molecule has 0 spiro atoms. The summed E-state index contributed by atoms with van der Waals surface area (Å²) in [6.07, 6.45) is 6.51. The van der Waals surface area contributed by atoms with E-state index in [1.165, 1.54) is 11.1 Å². The number of aryl methyl sites for hydroxylation is 1. The molecule has 150 valence electrons. The molecular weight excluding hydrogens is 483 g/mol. The van der Waals surface area contributed by atoms with Crippen LogP contribution in [0.4, 0.5) is 0 Å². The van der Waals surface area contributed by atoms with Crippen LogP contribution in [0.1, 0.15) is 28.8 Å². The molecule has 0 bridgehead atoms. The van der Waals surface area contributed by atoms with Gasteiger partial charge >= 0.3 is 0 Å². The monoisotopic (exact) mass is 510 g/mol. The summed E-state index contributed by atoms with van der Waals surface area (Å²) in [4.78, 5) is 13.3. The van der Waals surface area contributed by atoms with E-state index in [4.69, 9.17) is 4.99 Å². The summed E-state index contributed by atoms with van der Waals surface area (Å²) in [5, 5.41) is 9.92. The minimum Gasteiger partial charge on any atom is -0.357 e. The van der Waals surface area contributed by atoms with Gasteiger partial charge in [-0.1, -0.05) is 24.3 Å². The van der Waals surface area contributed by atoms with Crippen LogP contribution in [0, 0.1) is 6.92 Å².